The number of aromatic nitrogens is 3. The van der Waals surface area contributed by atoms with E-state index in [0.29, 0.717) is 18.2 Å². The summed E-state index contributed by atoms with van der Waals surface area (Å²) in [5.74, 6) is 0.940. The lowest BCUT2D eigenvalue weighted by Crippen LogP contribution is -2.09. The lowest BCUT2D eigenvalue weighted by Gasteiger charge is -2.12. The topological polar surface area (TPSA) is 62.7 Å². The van der Waals surface area contributed by atoms with Crippen molar-refractivity contribution in [1.29, 1.82) is 0 Å². The van der Waals surface area contributed by atoms with Crippen molar-refractivity contribution in [3.63, 3.8) is 0 Å². The van der Waals surface area contributed by atoms with E-state index in [2.05, 4.69) is 25.6 Å². The van der Waals surface area contributed by atoms with Crippen LogP contribution in [0.4, 0.5) is 36.4 Å². The third-order valence-corrected chi connectivity index (χ3v) is 4.85. The maximum absolute atomic E-state index is 13.1. The average Bonchev–Trinajstić information content (AvgIpc) is 2.73. The summed E-state index contributed by atoms with van der Waals surface area (Å²) < 4.78 is 39.3. The maximum atomic E-state index is 13.1. The zero-order valence-corrected chi connectivity index (χ0v) is 18.1. The van der Waals surface area contributed by atoms with E-state index in [1.54, 1.807) is 0 Å². The molecule has 0 radical (unpaired) electrons. The molecule has 1 heterocycles. The van der Waals surface area contributed by atoms with Crippen molar-refractivity contribution in [3.8, 4) is 0 Å². The van der Waals surface area contributed by atoms with Crippen molar-refractivity contribution in [2.75, 3.05) is 10.6 Å². The molecule has 4 aromatic rings. The van der Waals surface area contributed by atoms with Gasteiger partial charge in [-0.15, -0.1) is 0 Å². The second-order valence-corrected chi connectivity index (χ2v) is 7.76. The Morgan fingerprint density at radius 1 is 0.697 bits per heavy atom. The summed E-state index contributed by atoms with van der Waals surface area (Å²) in [6, 6.07) is 20.6. The fourth-order valence-corrected chi connectivity index (χ4v) is 3.37. The minimum Gasteiger partial charge on any atom is -0.324 e. The summed E-state index contributed by atoms with van der Waals surface area (Å²) in [4.78, 5) is 13.4. The molecule has 4 rings (SSSR count). The van der Waals surface area contributed by atoms with Gasteiger partial charge in [0, 0.05) is 17.8 Å². The van der Waals surface area contributed by atoms with Crippen molar-refractivity contribution < 1.29 is 13.2 Å². The third-order valence-electron chi connectivity index (χ3n) is 4.85. The highest BCUT2D eigenvalue weighted by Gasteiger charge is 2.30. The highest BCUT2D eigenvalue weighted by Crippen LogP contribution is 2.31. The van der Waals surface area contributed by atoms with Gasteiger partial charge in [-0.2, -0.15) is 28.1 Å². The predicted octanol–water partition coefficient (Wildman–Crippen LogP) is 6.59. The Bertz CT molecular complexity index is 1210. The first-order valence-corrected chi connectivity index (χ1v) is 10.3. The minimum absolute atomic E-state index is 0.155. The first-order valence-electron chi connectivity index (χ1n) is 10.3. The minimum atomic E-state index is -4.44. The summed E-state index contributed by atoms with van der Waals surface area (Å²) in [6.45, 7) is 3.98. The lowest BCUT2D eigenvalue weighted by molar-refractivity contribution is -0.137. The van der Waals surface area contributed by atoms with Crippen LogP contribution in [-0.4, -0.2) is 15.0 Å². The molecule has 3 aromatic carbocycles. The normalized spacial score (nSPS) is 11.3. The van der Waals surface area contributed by atoms with Crippen molar-refractivity contribution in [3.05, 3.63) is 101 Å². The smallest absolute Gasteiger partial charge is 0.324 e. The van der Waals surface area contributed by atoms with E-state index >= 15 is 0 Å². The van der Waals surface area contributed by atoms with Gasteiger partial charge in [0.05, 0.1) is 5.56 Å². The Morgan fingerprint density at radius 3 is 1.88 bits per heavy atom. The zero-order valence-electron chi connectivity index (χ0n) is 18.1. The number of benzene rings is 3. The Hall–Kier alpha value is -3.94. The Balaban J connectivity index is 1.67. The molecule has 0 aliphatic carbocycles. The highest BCUT2D eigenvalue weighted by atomic mass is 19.4. The fraction of sp³-hybridized carbons (Fsp3) is 0.160. The second-order valence-electron chi connectivity index (χ2n) is 7.76. The van der Waals surface area contributed by atoms with Crippen LogP contribution in [0.3, 0.4) is 0 Å². The summed E-state index contributed by atoms with van der Waals surface area (Å²) in [6.07, 6.45) is -3.99. The number of aryl methyl sites for hydroxylation is 2. The Labute approximate surface area is 189 Å². The standard InChI is InChI=1S/C25H22F3N5/c1-16-6-3-8-18(12-16)14-22-31-23(29-20-10-4-7-17(2)13-20)33-24(32-22)30-21-11-5-9-19(15-21)25(26,27)28/h3-13,15H,14H2,1-2H3,(H2,29,30,31,32,33). The van der Waals surface area contributed by atoms with E-state index < -0.39 is 11.7 Å². The van der Waals surface area contributed by atoms with Crippen molar-refractivity contribution >= 4 is 23.3 Å². The Morgan fingerprint density at radius 2 is 1.27 bits per heavy atom. The van der Waals surface area contributed by atoms with Gasteiger partial charge in [0.1, 0.15) is 5.82 Å². The number of nitrogens with one attached hydrogen (secondary N) is 2. The molecule has 0 unspecified atom stereocenters. The van der Waals surface area contributed by atoms with E-state index in [0.717, 1.165) is 34.5 Å². The number of nitrogens with zero attached hydrogens (tertiary/aromatic N) is 3. The third kappa shape index (κ3) is 6.06. The molecular formula is C25H22F3N5. The van der Waals surface area contributed by atoms with Gasteiger partial charge in [0.15, 0.2) is 0 Å². The molecule has 0 fully saturated rings. The van der Waals surface area contributed by atoms with Gasteiger partial charge in [0.25, 0.3) is 0 Å². The summed E-state index contributed by atoms with van der Waals surface area (Å²) >= 11 is 0. The van der Waals surface area contributed by atoms with Gasteiger partial charge in [0.2, 0.25) is 11.9 Å². The van der Waals surface area contributed by atoms with E-state index in [1.165, 1.54) is 12.1 Å². The summed E-state index contributed by atoms with van der Waals surface area (Å²) in [7, 11) is 0. The number of alkyl halides is 3. The predicted molar refractivity (Wildman–Crippen MR) is 123 cm³/mol. The number of halogens is 3. The molecule has 2 N–H and O–H groups in total. The first-order chi connectivity index (χ1) is 15.7. The second kappa shape index (κ2) is 9.28. The van der Waals surface area contributed by atoms with Crippen LogP contribution in [0.25, 0.3) is 0 Å². The molecule has 8 heteroatoms. The van der Waals surface area contributed by atoms with Crippen LogP contribution in [0, 0.1) is 13.8 Å². The largest absolute Gasteiger partial charge is 0.416 e. The van der Waals surface area contributed by atoms with Crippen LogP contribution in [-0.2, 0) is 12.6 Å². The summed E-state index contributed by atoms with van der Waals surface area (Å²) in [5, 5.41) is 6.05. The average molecular weight is 449 g/mol. The first kappa shape index (κ1) is 22.3. The molecule has 0 aliphatic heterocycles. The van der Waals surface area contributed by atoms with Gasteiger partial charge >= 0.3 is 6.18 Å². The van der Waals surface area contributed by atoms with Gasteiger partial charge in [-0.3, -0.25) is 0 Å². The van der Waals surface area contributed by atoms with Crippen molar-refractivity contribution in [1.82, 2.24) is 15.0 Å². The van der Waals surface area contributed by atoms with E-state index in [1.807, 2.05) is 62.4 Å². The van der Waals surface area contributed by atoms with E-state index in [4.69, 9.17) is 0 Å². The van der Waals surface area contributed by atoms with Crippen molar-refractivity contribution in [2.45, 2.75) is 26.4 Å². The number of rotatable bonds is 6. The molecule has 0 aliphatic rings. The van der Waals surface area contributed by atoms with Gasteiger partial charge in [-0.1, -0.05) is 48.0 Å². The molecule has 168 valence electrons. The molecule has 0 saturated carbocycles. The number of anilines is 4. The van der Waals surface area contributed by atoms with E-state index in [-0.39, 0.29) is 11.6 Å². The van der Waals surface area contributed by atoms with Crippen LogP contribution < -0.4 is 10.6 Å². The lowest BCUT2D eigenvalue weighted by atomic mass is 10.1. The SMILES string of the molecule is Cc1cccc(Cc2nc(Nc3cccc(C)c3)nc(Nc3cccc(C(F)(F)F)c3)n2)c1. The maximum Gasteiger partial charge on any atom is 0.416 e. The van der Waals surface area contributed by atoms with Gasteiger partial charge < -0.3 is 10.6 Å². The van der Waals surface area contributed by atoms with Crippen LogP contribution in [0.1, 0.15) is 28.1 Å². The van der Waals surface area contributed by atoms with Crippen LogP contribution >= 0.6 is 0 Å². The highest BCUT2D eigenvalue weighted by molar-refractivity contribution is 5.58. The number of hydrogen-bond acceptors (Lipinski definition) is 5. The number of hydrogen-bond donors (Lipinski definition) is 2. The van der Waals surface area contributed by atoms with E-state index in [9.17, 15) is 13.2 Å². The quantitative estimate of drug-likeness (QED) is 0.348. The molecular weight excluding hydrogens is 427 g/mol. The van der Waals surface area contributed by atoms with Crippen LogP contribution in [0.15, 0.2) is 72.8 Å². The van der Waals surface area contributed by atoms with Crippen LogP contribution in [0.5, 0.6) is 0 Å². The molecule has 1 aromatic heterocycles. The molecule has 0 saturated heterocycles. The molecule has 0 bridgehead atoms. The van der Waals surface area contributed by atoms with Gasteiger partial charge in [-0.05, 0) is 55.3 Å². The molecule has 0 spiro atoms. The molecule has 33 heavy (non-hydrogen) atoms. The molecule has 5 nitrogen and oxygen atoms in total. The molecule has 0 atom stereocenters. The van der Waals surface area contributed by atoms with Gasteiger partial charge in [-0.25, -0.2) is 0 Å². The van der Waals surface area contributed by atoms with Crippen LogP contribution in [0.2, 0.25) is 0 Å². The zero-order chi connectivity index (χ0) is 23.4. The Kier molecular flexibility index (Phi) is 6.26. The monoisotopic (exact) mass is 449 g/mol. The summed E-state index contributed by atoms with van der Waals surface area (Å²) in [5.41, 5.74) is 3.48. The van der Waals surface area contributed by atoms with Crippen molar-refractivity contribution in [2.24, 2.45) is 0 Å². The molecule has 0 amide bonds. The fourth-order valence-electron chi connectivity index (χ4n) is 3.37.